The van der Waals surface area contributed by atoms with Crippen LogP contribution in [0.3, 0.4) is 0 Å². The van der Waals surface area contributed by atoms with E-state index in [-0.39, 0.29) is 5.41 Å². The van der Waals surface area contributed by atoms with Gasteiger partial charge in [-0.15, -0.1) is 0 Å². The molecule has 2 aliphatic carbocycles. The Morgan fingerprint density at radius 2 is 0.672 bits per heavy atom. The molecule has 0 N–H and O–H groups in total. The van der Waals surface area contributed by atoms with Crippen LogP contribution in [0, 0.1) is 0 Å². The Labute approximate surface area is 374 Å². The van der Waals surface area contributed by atoms with Crippen LogP contribution in [0.25, 0.3) is 78.7 Å². The molecule has 0 atom stereocenters. The summed E-state index contributed by atoms with van der Waals surface area (Å²) < 4.78 is 0. The number of benzene rings is 9. The highest BCUT2D eigenvalue weighted by atomic mass is 15.0. The standard InChI is InChI=1S/C61H43N3/c1-60(2)53-33-31-44(59-63-57(42-23-11-5-12-24-42)62-58(64-59)43-25-13-6-14-26-43)38-51(53)52-39-47(32-34-54(52)60)61(55-29-17-15-27-49(55)50-28-16-18-30-56(50)61)48-36-45(40-19-7-3-8-20-40)35-46(37-48)41-21-9-4-10-22-41/h3-39H,1-2H3. The van der Waals surface area contributed by atoms with E-state index in [0.29, 0.717) is 17.5 Å². The average molecular weight is 818 g/mol. The molecule has 1 aromatic heterocycles. The lowest BCUT2D eigenvalue weighted by Crippen LogP contribution is -2.29. The zero-order valence-corrected chi connectivity index (χ0v) is 35.7. The van der Waals surface area contributed by atoms with Gasteiger partial charge in [-0.25, -0.2) is 15.0 Å². The minimum Gasteiger partial charge on any atom is -0.208 e. The molecule has 9 aromatic carbocycles. The van der Waals surface area contributed by atoms with Gasteiger partial charge in [0, 0.05) is 22.1 Å². The van der Waals surface area contributed by atoms with Crippen molar-refractivity contribution in [3.63, 3.8) is 0 Å². The van der Waals surface area contributed by atoms with E-state index in [9.17, 15) is 0 Å². The summed E-state index contributed by atoms with van der Waals surface area (Å²) in [6.07, 6.45) is 0. The van der Waals surface area contributed by atoms with Gasteiger partial charge in [-0.3, -0.25) is 0 Å². The molecule has 1 heterocycles. The van der Waals surface area contributed by atoms with E-state index in [2.05, 4.69) is 202 Å². The molecule has 0 aliphatic heterocycles. The van der Waals surface area contributed by atoms with Gasteiger partial charge in [0.15, 0.2) is 17.5 Å². The molecule has 3 nitrogen and oxygen atoms in total. The van der Waals surface area contributed by atoms with Crippen molar-refractivity contribution in [2.24, 2.45) is 0 Å². The summed E-state index contributed by atoms with van der Waals surface area (Å²) in [6, 6.07) is 81.5. The molecule has 12 rings (SSSR count). The number of hydrogen-bond acceptors (Lipinski definition) is 3. The molecule has 10 aromatic rings. The summed E-state index contributed by atoms with van der Waals surface area (Å²) in [5, 5.41) is 0. The summed E-state index contributed by atoms with van der Waals surface area (Å²) in [5.41, 5.74) is 19.4. The Morgan fingerprint density at radius 1 is 0.266 bits per heavy atom. The summed E-state index contributed by atoms with van der Waals surface area (Å²) in [4.78, 5) is 15.3. The molecule has 0 amide bonds. The monoisotopic (exact) mass is 817 g/mol. The SMILES string of the molecule is CC1(C)c2ccc(-c3nc(-c4ccccc4)nc(-c4ccccc4)n3)cc2-c2cc(C3(c4cc(-c5ccccc5)cc(-c5ccccc5)c4)c4ccccc4-c4ccccc43)ccc21. The van der Waals surface area contributed by atoms with Gasteiger partial charge in [0.2, 0.25) is 0 Å². The lowest BCUT2D eigenvalue weighted by atomic mass is 9.66. The molecule has 0 bridgehead atoms. The number of fused-ring (bicyclic) bond motifs is 6. The number of aromatic nitrogens is 3. The summed E-state index contributed by atoms with van der Waals surface area (Å²) >= 11 is 0. The second kappa shape index (κ2) is 14.8. The van der Waals surface area contributed by atoms with Crippen molar-refractivity contribution in [2.75, 3.05) is 0 Å². The molecule has 2 aliphatic rings. The third kappa shape index (κ3) is 5.92. The lowest BCUT2D eigenvalue weighted by molar-refractivity contribution is 0.659. The summed E-state index contributed by atoms with van der Waals surface area (Å²) in [6.45, 7) is 4.71. The van der Waals surface area contributed by atoms with Gasteiger partial charge in [-0.2, -0.15) is 0 Å². The molecule has 0 saturated carbocycles. The van der Waals surface area contributed by atoms with Gasteiger partial charge in [0.1, 0.15) is 0 Å². The highest BCUT2D eigenvalue weighted by Crippen LogP contribution is 2.59. The van der Waals surface area contributed by atoms with Gasteiger partial charge in [0.25, 0.3) is 0 Å². The van der Waals surface area contributed by atoms with Crippen molar-refractivity contribution < 1.29 is 0 Å². The van der Waals surface area contributed by atoms with Crippen molar-refractivity contribution in [3.05, 3.63) is 258 Å². The van der Waals surface area contributed by atoms with Crippen molar-refractivity contribution in [1.29, 1.82) is 0 Å². The zero-order chi connectivity index (χ0) is 42.8. The fourth-order valence-electron chi connectivity index (χ4n) is 10.5. The van der Waals surface area contributed by atoms with Crippen LogP contribution in [-0.4, -0.2) is 15.0 Å². The predicted molar refractivity (Wildman–Crippen MR) is 262 cm³/mol. The topological polar surface area (TPSA) is 38.7 Å². The first kappa shape index (κ1) is 37.7. The first-order chi connectivity index (χ1) is 31.5. The predicted octanol–water partition coefficient (Wildman–Crippen LogP) is 14.9. The van der Waals surface area contributed by atoms with Crippen LogP contribution in [0.15, 0.2) is 224 Å². The van der Waals surface area contributed by atoms with E-state index in [1.807, 2.05) is 36.4 Å². The van der Waals surface area contributed by atoms with Crippen molar-refractivity contribution in [2.45, 2.75) is 24.7 Å². The highest BCUT2D eigenvalue weighted by molar-refractivity contribution is 5.90. The summed E-state index contributed by atoms with van der Waals surface area (Å²) in [7, 11) is 0. The maximum Gasteiger partial charge on any atom is 0.164 e. The Hall–Kier alpha value is -8.01. The van der Waals surface area contributed by atoms with E-state index >= 15 is 0 Å². The third-order valence-corrected chi connectivity index (χ3v) is 13.6. The largest absolute Gasteiger partial charge is 0.208 e. The van der Waals surface area contributed by atoms with Crippen molar-refractivity contribution >= 4 is 0 Å². The number of hydrogen-bond donors (Lipinski definition) is 0. The fraction of sp³-hybridized carbons (Fsp3) is 0.0656. The van der Waals surface area contributed by atoms with Crippen LogP contribution in [0.5, 0.6) is 0 Å². The highest BCUT2D eigenvalue weighted by Gasteiger charge is 2.47. The van der Waals surface area contributed by atoms with E-state index in [1.54, 1.807) is 0 Å². The van der Waals surface area contributed by atoms with Crippen molar-refractivity contribution in [3.8, 4) is 78.7 Å². The van der Waals surface area contributed by atoms with Gasteiger partial charge in [0.05, 0.1) is 5.41 Å². The Morgan fingerprint density at radius 3 is 1.17 bits per heavy atom. The van der Waals surface area contributed by atoms with Crippen LogP contribution in [0.2, 0.25) is 0 Å². The molecular weight excluding hydrogens is 775 g/mol. The van der Waals surface area contributed by atoms with Crippen molar-refractivity contribution in [1.82, 2.24) is 15.0 Å². The minimum absolute atomic E-state index is 0.225. The summed E-state index contributed by atoms with van der Waals surface area (Å²) in [5.74, 6) is 1.96. The smallest absolute Gasteiger partial charge is 0.164 e. The van der Waals surface area contributed by atoms with E-state index < -0.39 is 5.41 Å². The number of nitrogens with zero attached hydrogens (tertiary/aromatic N) is 3. The molecule has 64 heavy (non-hydrogen) atoms. The molecular formula is C61H43N3. The molecule has 0 fully saturated rings. The Bertz CT molecular complexity index is 3230. The third-order valence-electron chi connectivity index (χ3n) is 13.6. The first-order valence-electron chi connectivity index (χ1n) is 22.1. The van der Waals surface area contributed by atoms with E-state index in [1.165, 1.54) is 77.9 Å². The Balaban J connectivity index is 1.10. The van der Waals surface area contributed by atoms with E-state index in [0.717, 1.165) is 16.7 Å². The minimum atomic E-state index is -0.621. The number of rotatable bonds is 7. The quantitative estimate of drug-likeness (QED) is 0.161. The molecule has 0 saturated heterocycles. The van der Waals surface area contributed by atoms with Crippen LogP contribution in [0.4, 0.5) is 0 Å². The Kier molecular flexibility index (Phi) is 8.74. The average Bonchev–Trinajstić information content (AvgIpc) is 3.79. The van der Waals surface area contributed by atoms with Gasteiger partial charge in [-0.05, 0) is 108 Å². The first-order valence-corrected chi connectivity index (χ1v) is 22.1. The van der Waals surface area contributed by atoms with Crippen LogP contribution in [-0.2, 0) is 10.8 Å². The molecule has 3 heteroatoms. The lowest BCUT2D eigenvalue weighted by Gasteiger charge is -2.35. The molecule has 0 unspecified atom stereocenters. The molecule has 0 spiro atoms. The maximum atomic E-state index is 5.14. The van der Waals surface area contributed by atoms with Gasteiger partial charge >= 0.3 is 0 Å². The second-order valence-electron chi connectivity index (χ2n) is 17.6. The molecule has 302 valence electrons. The normalized spacial score (nSPS) is 13.7. The van der Waals surface area contributed by atoms with E-state index in [4.69, 9.17) is 15.0 Å². The zero-order valence-electron chi connectivity index (χ0n) is 35.7. The van der Waals surface area contributed by atoms with Crippen LogP contribution in [0.1, 0.15) is 47.2 Å². The van der Waals surface area contributed by atoms with Gasteiger partial charge < -0.3 is 0 Å². The molecule has 0 radical (unpaired) electrons. The maximum absolute atomic E-state index is 5.14. The van der Waals surface area contributed by atoms with Gasteiger partial charge in [-0.1, -0.05) is 208 Å². The van der Waals surface area contributed by atoms with Crippen LogP contribution >= 0.6 is 0 Å². The van der Waals surface area contributed by atoms with Crippen LogP contribution < -0.4 is 0 Å². The second-order valence-corrected chi connectivity index (χ2v) is 17.6. The fourth-order valence-corrected chi connectivity index (χ4v) is 10.5.